The van der Waals surface area contributed by atoms with Gasteiger partial charge >= 0.3 is 5.97 Å². The highest BCUT2D eigenvalue weighted by atomic mass is 16.5. The van der Waals surface area contributed by atoms with Crippen molar-refractivity contribution in [1.29, 1.82) is 0 Å². The van der Waals surface area contributed by atoms with Crippen LogP contribution >= 0.6 is 0 Å². The lowest BCUT2D eigenvalue weighted by Gasteiger charge is -2.09. The van der Waals surface area contributed by atoms with E-state index in [2.05, 4.69) is 19.3 Å². The van der Waals surface area contributed by atoms with E-state index in [-0.39, 0.29) is 6.61 Å². The maximum atomic E-state index is 11.4. The number of rotatable bonds is 6. The van der Waals surface area contributed by atoms with E-state index in [0.29, 0.717) is 17.7 Å². The van der Waals surface area contributed by atoms with Crippen LogP contribution in [-0.2, 0) is 14.4 Å². The quantitative estimate of drug-likeness (QED) is 0.537. The molecular formula is C15H18N2O5. The van der Waals surface area contributed by atoms with Gasteiger partial charge in [-0.25, -0.2) is 4.79 Å². The maximum Gasteiger partial charge on any atom is 0.328 e. The van der Waals surface area contributed by atoms with E-state index in [0.717, 1.165) is 11.6 Å². The van der Waals surface area contributed by atoms with E-state index in [4.69, 9.17) is 9.84 Å². The van der Waals surface area contributed by atoms with Gasteiger partial charge in [-0.3, -0.25) is 20.4 Å². The predicted octanol–water partition coefficient (Wildman–Crippen LogP) is 0.977. The Morgan fingerprint density at radius 2 is 1.77 bits per heavy atom. The van der Waals surface area contributed by atoms with Crippen LogP contribution in [0.3, 0.4) is 0 Å². The molecule has 0 heterocycles. The van der Waals surface area contributed by atoms with Crippen LogP contribution in [0.2, 0.25) is 0 Å². The molecule has 3 N–H and O–H groups in total. The van der Waals surface area contributed by atoms with E-state index in [1.54, 1.807) is 12.1 Å². The van der Waals surface area contributed by atoms with Gasteiger partial charge in [0.1, 0.15) is 5.75 Å². The Balaban J connectivity index is 2.34. The molecule has 0 saturated heterocycles. The second-order valence-corrected chi connectivity index (χ2v) is 4.72. The molecular weight excluding hydrogens is 288 g/mol. The molecule has 7 heteroatoms. The van der Waals surface area contributed by atoms with Crippen LogP contribution in [-0.4, -0.2) is 29.5 Å². The molecule has 0 atom stereocenters. The van der Waals surface area contributed by atoms with Crippen molar-refractivity contribution in [2.45, 2.75) is 19.8 Å². The van der Waals surface area contributed by atoms with Crippen LogP contribution in [0.25, 0.3) is 0 Å². The summed E-state index contributed by atoms with van der Waals surface area (Å²) >= 11 is 0. The molecule has 0 bridgehead atoms. The van der Waals surface area contributed by atoms with Gasteiger partial charge < -0.3 is 9.84 Å². The Morgan fingerprint density at radius 3 is 2.32 bits per heavy atom. The summed E-state index contributed by atoms with van der Waals surface area (Å²) in [6.45, 7) is 3.87. The van der Waals surface area contributed by atoms with Crippen molar-refractivity contribution in [3.8, 4) is 5.75 Å². The van der Waals surface area contributed by atoms with Crippen LogP contribution in [0.1, 0.15) is 25.3 Å². The number of carbonyl (C=O) groups is 3. The van der Waals surface area contributed by atoms with Crippen molar-refractivity contribution in [3.63, 3.8) is 0 Å². The number of benzene rings is 1. The number of amides is 2. The van der Waals surface area contributed by atoms with Gasteiger partial charge in [0, 0.05) is 12.2 Å². The smallest absolute Gasteiger partial charge is 0.328 e. The molecule has 1 aromatic carbocycles. The SMILES string of the molecule is CC(C)c1ccc(OCC(=O)NNC(=O)C=CC(=O)O)cc1. The zero-order valence-electron chi connectivity index (χ0n) is 12.3. The second kappa shape index (κ2) is 8.46. The minimum atomic E-state index is -1.25. The first-order valence-electron chi connectivity index (χ1n) is 6.61. The molecule has 7 nitrogen and oxygen atoms in total. The standard InChI is InChI=1S/C15H18N2O5/c1-10(2)11-3-5-12(6-4-11)22-9-14(19)17-16-13(18)7-8-15(20)21/h3-8,10H,9H2,1-2H3,(H,16,18)(H,17,19)(H,20,21). The molecule has 1 aromatic rings. The Labute approximate surface area is 127 Å². The Bertz CT molecular complexity index is 564. The molecule has 2 amide bonds. The van der Waals surface area contributed by atoms with E-state index in [1.165, 1.54) is 0 Å². The van der Waals surface area contributed by atoms with Crippen molar-refractivity contribution >= 4 is 17.8 Å². The fraction of sp³-hybridized carbons (Fsp3) is 0.267. The van der Waals surface area contributed by atoms with Gasteiger partial charge in [-0.05, 0) is 23.6 Å². The third-order valence-corrected chi connectivity index (χ3v) is 2.62. The van der Waals surface area contributed by atoms with Crippen molar-refractivity contribution in [3.05, 3.63) is 42.0 Å². The molecule has 0 saturated carbocycles. The molecule has 0 fully saturated rings. The summed E-state index contributed by atoms with van der Waals surface area (Å²) in [6, 6.07) is 7.35. The van der Waals surface area contributed by atoms with Crippen molar-refractivity contribution in [2.24, 2.45) is 0 Å². The van der Waals surface area contributed by atoms with Crippen molar-refractivity contribution in [1.82, 2.24) is 10.9 Å². The van der Waals surface area contributed by atoms with Gasteiger partial charge in [0.2, 0.25) is 0 Å². The summed E-state index contributed by atoms with van der Waals surface area (Å²) in [5.41, 5.74) is 5.29. The number of nitrogens with one attached hydrogen (secondary N) is 2. The fourth-order valence-corrected chi connectivity index (χ4v) is 1.45. The van der Waals surface area contributed by atoms with Crippen molar-refractivity contribution in [2.75, 3.05) is 6.61 Å². The average molecular weight is 306 g/mol. The summed E-state index contributed by atoms with van der Waals surface area (Å²) in [4.78, 5) is 32.7. The first-order chi connectivity index (χ1) is 10.4. The van der Waals surface area contributed by atoms with E-state index in [1.807, 2.05) is 17.6 Å². The number of hydrogen-bond acceptors (Lipinski definition) is 4. The molecule has 118 valence electrons. The zero-order valence-corrected chi connectivity index (χ0v) is 12.3. The van der Waals surface area contributed by atoms with Crippen molar-refractivity contribution < 1.29 is 24.2 Å². The third-order valence-electron chi connectivity index (χ3n) is 2.62. The number of aliphatic carboxylic acids is 1. The first kappa shape index (κ1) is 17.2. The topological polar surface area (TPSA) is 105 Å². The minimum Gasteiger partial charge on any atom is -0.484 e. The highest BCUT2D eigenvalue weighted by Gasteiger charge is 2.05. The minimum absolute atomic E-state index is 0.274. The molecule has 0 unspecified atom stereocenters. The molecule has 0 aliphatic rings. The molecule has 1 rings (SSSR count). The van der Waals surface area contributed by atoms with Crippen LogP contribution in [0.15, 0.2) is 36.4 Å². The fourth-order valence-electron chi connectivity index (χ4n) is 1.45. The lowest BCUT2D eigenvalue weighted by Crippen LogP contribution is -2.43. The lowest BCUT2D eigenvalue weighted by molar-refractivity contribution is -0.131. The van der Waals surface area contributed by atoms with Gasteiger partial charge in [0.05, 0.1) is 0 Å². The molecule has 0 radical (unpaired) electrons. The summed E-state index contributed by atoms with van der Waals surface area (Å²) in [7, 11) is 0. The van der Waals surface area contributed by atoms with E-state index >= 15 is 0 Å². The van der Waals surface area contributed by atoms with Gasteiger partial charge in [0.15, 0.2) is 6.61 Å². The van der Waals surface area contributed by atoms with Crippen LogP contribution in [0.5, 0.6) is 5.75 Å². The second-order valence-electron chi connectivity index (χ2n) is 4.72. The van der Waals surface area contributed by atoms with E-state index in [9.17, 15) is 14.4 Å². The number of carboxylic acids is 1. The summed E-state index contributed by atoms with van der Waals surface area (Å²) < 4.78 is 5.26. The van der Waals surface area contributed by atoms with Gasteiger partial charge in [0.25, 0.3) is 11.8 Å². The van der Waals surface area contributed by atoms with Gasteiger partial charge in [-0.2, -0.15) is 0 Å². The maximum absolute atomic E-state index is 11.4. The number of hydrazine groups is 1. The highest BCUT2D eigenvalue weighted by molar-refractivity contribution is 5.94. The number of hydrogen-bond donors (Lipinski definition) is 3. The first-order valence-corrected chi connectivity index (χ1v) is 6.61. The summed E-state index contributed by atoms with van der Waals surface area (Å²) in [5.74, 6) is -1.63. The van der Waals surface area contributed by atoms with E-state index < -0.39 is 17.8 Å². The normalized spacial score (nSPS) is 10.5. The van der Waals surface area contributed by atoms with Crippen LogP contribution < -0.4 is 15.6 Å². The largest absolute Gasteiger partial charge is 0.484 e. The zero-order chi connectivity index (χ0) is 16.5. The monoisotopic (exact) mass is 306 g/mol. The Kier molecular flexibility index (Phi) is 6.62. The summed E-state index contributed by atoms with van der Waals surface area (Å²) in [5, 5.41) is 8.33. The molecule has 0 spiro atoms. The number of carbonyl (C=O) groups excluding carboxylic acids is 2. The van der Waals surface area contributed by atoms with Crippen LogP contribution in [0.4, 0.5) is 0 Å². The summed E-state index contributed by atoms with van der Waals surface area (Å²) in [6.07, 6.45) is 1.45. The van der Waals surface area contributed by atoms with Gasteiger partial charge in [-0.15, -0.1) is 0 Å². The predicted molar refractivity (Wildman–Crippen MR) is 79.1 cm³/mol. The number of ether oxygens (including phenoxy) is 1. The number of carboxylic acid groups (broad SMARTS) is 1. The Hall–Kier alpha value is -2.83. The molecule has 0 aromatic heterocycles. The lowest BCUT2D eigenvalue weighted by atomic mass is 10.0. The van der Waals surface area contributed by atoms with Gasteiger partial charge in [-0.1, -0.05) is 26.0 Å². The molecule has 22 heavy (non-hydrogen) atoms. The molecule has 0 aliphatic heterocycles. The third kappa shape index (κ3) is 6.56. The highest BCUT2D eigenvalue weighted by Crippen LogP contribution is 2.18. The molecule has 0 aliphatic carbocycles. The average Bonchev–Trinajstić information content (AvgIpc) is 2.49. The van der Waals surface area contributed by atoms with Crippen LogP contribution in [0, 0.1) is 0 Å². The Morgan fingerprint density at radius 1 is 1.14 bits per heavy atom.